The molecule has 1 aromatic rings. The van der Waals surface area contributed by atoms with Gasteiger partial charge in [-0.3, -0.25) is 10.1 Å². The van der Waals surface area contributed by atoms with Crippen LogP contribution in [0.15, 0.2) is 11.2 Å². The summed E-state index contributed by atoms with van der Waals surface area (Å²) in [5, 5.41) is 7.54. The zero-order valence-corrected chi connectivity index (χ0v) is 12.6. The summed E-state index contributed by atoms with van der Waals surface area (Å²) in [7, 11) is 1.92. The van der Waals surface area contributed by atoms with Crippen LogP contribution in [0.5, 0.6) is 0 Å². The number of hydrazine groups is 1. The molecule has 114 valence electrons. The van der Waals surface area contributed by atoms with Gasteiger partial charge in [0.1, 0.15) is 0 Å². The molecule has 0 radical (unpaired) electrons. The Morgan fingerprint density at radius 1 is 1.50 bits per heavy atom. The Hall–Kier alpha value is -1.60. The van der Waals surface area contributed by atoms with Crippen LogP contribution >= 0.6 is 0 Å². The number of guanidine groups is 1. The van der Waals surface area contributed by atoms with Crippen molar-refractivity contribution in [3.05, 3.63) is 17.5 Å². The van der Waals surface area contributed by atoms with Crippen LogP contribution in [0.2, 0.25) is 0 Å². The van der Waals surface area contributed by atoms with Gasteiger partial charge in [-0.2, -0.15) is 5.10 Å². The van der Waals surface area contributed by atoms with E-state index in [2.05, 4.69) is 27.8 Å². The predicted molar refractivity (Wildman–Crippen MR) is 80.2 cm³/mol. The molecule has 0 aromatic carbocycles. The van der Waals surface area contributed by atoms with Crippen LogP contribution in [0.1, 0.15) is 31.5 Å². The molecule has 0 bridgehead atoms. The van der Waals surface area contributed by atoms with Crippen LogP contribution in [0.25, 0.3) is 0 Å². The molecule has 0 amide bonds. The Bertz CT molecular complexity index is 415. The van der Waals surface area contributed by atoms with E-state index in [1.165, 1.54) is 0 Å². The first-order valence-corrected chi connectivity index (χ1v) is 7.05. The fourth-order valence-corrected chi connectivity index (χ4v) is 1.86. The third-order valence-electron chi connectivity index (χ3n) is 2.83. The Labute approximate surface area is 120 Å². The number of hydrogen-bond acceptors (Lipinski definition) is 4. The highest BCUT2D eigenvalue weighted by atomic mass is 16.5. The highest BCUT2D eigenvalue weighted by Gasteiger charge is 2.05. The van der Waals surface area contributed by atoms with Crippen molar-refractivity contribution >= 4 is 5.96 Å². The Balaban J connectivity index is 2.44. The summed E-state index contributed by atoms with van der Waals surface area (Å²) < 4.78 is 7.08. The maximum absolute atomic E-state index is 5.46. The van der Waals surface area contributed by atoms with Crippen LogP contribution < -0.4 is 16.6 Å². The second-order valence-corrected chi connectivity index (χ2v) is 4.41. The molecule has 0 fully saturated rings. The number of nitrogens with one attached hydrogen (secondary N) is 2. The standard InChI is InChI=1S/C13H26N6O/c1-4-12-11(10-19(3)18-12)9-16-13(17-14)15-7-6-8-20-5-2/h10H,4-9,14H2,1-3H3,(H2,15,16,17). The van der Waals surface area contributed by atoms with Crippen molar-refractivity contribution in [1.82, 2.24) is 20.5 Å². The fourth-order valence-electron chi connectivity index (χ4n) is 1.86. The van der Waals surface area contributed by atoms with Crippen molar-refractivity contribution in [3.63, 3.8) is 0 Å². The number of nitrogens with two attached hydrogens (primary N) is 1. The monoisotopic (exact) mass is 282 g/mol. The summed E-state index contributed by atoms with van der Waals surface area (Å²) >= 11 is 0. The van der Waals surface area contributed by atoms with Crippen LogP contribution in [0.3, 0.4) is 0 Å². The summed E-state index contributed by atoms with van der Waals surface area (Å²) in [6, 6.07) is 0. The molecule has 7 heteroatoms. The van der Waals surface area contributed by atoms with Gasteiger partial charge >= 0.3 is 0 Å². The van der Waals surface area contributed by atoms with Gasteiger partial charge in [0.05, 0.1) is 12.2 Å². The van der Waals surface area contributed by atoms with Crippen molar-refractivity contribution in [3.8, 4) is 0 Å². The summed E-state index contributed by atoms with van der Waals surface area (Å²) in [4.78, 5) is 4.43. The van der Waals surface area contributed by atoms with E-state index in [9.17, 15) is 0 Å². The number of aryl methyl sites for hydroxylation is 2. The highest BCUT2D eigenvalue weighted by Crippen LogP contribution is 2.08. The lowest BCUT2D eigenvalue weighted by atomic mass is 10.2. The molecule has 4 N–H and O–H groups in total. The molecule has 0 spiro atoms. The van der Waals surface area contributed by atoms with E-state index < -0.39 is 0 Å². The van der Waals surface area contributed by atoms with Gasteiger partial charge in [-0.1, -0.05) is 6.92 Å². The summed E-state index contributed by atoms with van der Waals surface area (Å²) in [5.74, 6) is 6.05. The molecule has 1 heterocycles. The van der Waals surface area contributed by atoms with E-state index >= 15 is 0 Å². The minimum atomic E-state index is 0.564. The first kappa shape index (κ1) is 16.5. The molecular formula is C13H26N6O. The van der Waals surface area contributed by atoms with Crippen LogP contribution in [-0.4, -0.2) is 35.5 Å². The Morgan fingerprint density at radius 2 is 2.30 bits per heavy atom. The molecule has 1 aromatic heterocycles. The topological polar surface area (TPSA) is 89.5 Å². The van der Waals surface area contributed by atoms with Gasteiger partial charge in [0.15, 0.2) is 0 Å². The summed E-state index contributed by atoms with van der Waals surface area (Å²) in [6.45, 7) is 6.90. The van der Waals surface area contributed by atoms with Gasteiger partial charge in [-0.05, 0) is 19.8 Å². The lowest BCUT2D eigenvalue weighted by Crippen LogP contribution is -2.42. The number of hydrogen-bond donors (Lipinski definition) is 3. The zero-order valence-electron chi connectivity index (χ0n) is 12.6. The highest BCUT2D eigenvalue weighted by molar-refractivity contribution is 5.79. The lowest BCUT2D eigenvalue weighted by Gasteiger charge is -2.09. The normalized spacial score (nSPS) is 11.7. The molecule has 0 atom stereocenters. The molecule has 0 unspecified atom stereocenters. The molecule has 1 rings (SSSR count). The third kappa shape index (κ3) is 5.58. The number of aliphatic imine (C=N–C) groups is 1. The first-order valence-electron chi connectivity index (χ1n) is 7.05. The van der Waals surface area contributed by atoms with Gasteiger partial charge in [-0.15, -0.1) is 0 Å². The van der Waals surface area contributed by atoms with Gasteiger partial charge in [0.2, 0.25) is 5.96 Å². The molecule has 20 heavy (non-hydrogen) atoms. The van der Waals surface area contributed by atoms with Crippen molar-refractivity contribution in [1.29, 1.82) is 0 Å². The average Bonchev–Trinajstić information content (AvgIpc) is 2.82. The van der Waals surface area contributed by atoms with E-state index in [1.807, 2.05) is 24.9 Å². The summed E-state index contributed by atoms with van der Waals surface area (Å²) in [5.41, 5.74) is 4.78. The van der Waals surface area contributed by atoms with Crippen LogP contribution in [0.4, 0.5) is 0 Å². The smallest absolute Gasteiger partial charge is 0.206 e. The third-order valence-corrected chi connectivity index (χ3v) is 2.83. The minimum absolute atomic E-state index is 0.564. The molecule has 7 nitrogen and oxygen atoms in total. The zero-order chi connectivity index (χ0) is 14.8. The molecular weight excluding hydrogens is 256 g/mol. The maximum Gasteiger partial charge on any atom is 0.206 e. The van der Waals surface area contributed by atoms with Crippen molar-refractivity contribution in [2.24, 2.45) is 17.9 Å². The van der Waals surface area contributed by atoms with Gasteiger partial charge in [-0.25, -0.2) is 10.8 Å². The maximum atomic E-state index is 5.46. The largest absolute Gasteiger partial charge is 0.382 e. The Morgan fingerprint density at radius 3 is 2.95 bits per heavy atom. The number of nitrogens with zero attached hydrogens (tertiary/aromatic N) is 3. The number of ether oxygens (including phenoxy) is 1. The van der Waals surface area contributed by atoms with E-state index in [4.69, 9.17) is 10.6 Å². The number of aromatic nitrogens is 2. The quantitative estimate of drug-likeness (QED) is 0.210. The van der Waals surface area contributed by atoms with E-state index in [-0.39, 0.29) is 0 Å². The van der Waals surface area contributed by atoms with E-state index in [0.717, 1.165) is 43.9 Å². The molecule has 0 saturated carbocycles. The second kappa shape index (κ2) is 9.33. The molecule has 0 aliphatic heterocycles. The van der Waals surface area contributed by atoms with Crippen molar-refractivity contribution in [2.75, 3.05) is 19.8 Å². The minimum Gasteiger partial charge on any atom is -0.382 e. The predicted octanol–water partition coefficient (Wildman–Crippen LogP) is 0.318. The van der Waals surface area contributed by atoms with E-state index in [1.54, 1.807) is 0 Å². The molecule has 0 saturated heterocycles. The second-order valence-electron chi connectivity index (χ2n) is 4.41. The first-order chi connectivity index (χ1) is 9.71. The van der Waals surface area contributed by atoms with E-state index in [0.29, 0.717) is 12.5 Å². The van der Waals surface area contributed by atoms with Crippen molar-refractivity contribution < 1.29 is 4.74 Å². The van der Waals surface area contributed by atoms with Crippen LogP contribution in [-0.2, 0) is 24.8 Å². The Kier molecular flexibility index (Phi) is 7.67. The molecule has 0 aliphatic carbocycles. The summed E-state index contributed by atoms with van der Waals surface area (Å²) in [6.07, 6.45) is 3.81. The SMILES string of the molecule is CCOCCCNC(=NCc1cn(C)nc1CC)NN. The van der Waals surface area contributed by atoms with Gasteiger partial charge in [0, 0.05) is 38.6 Å². The van der Waals surface area contributed by atoms with Gasteiger partial charge in [0.25, 0.3) is 0 Å². The average molecular weight is 282 g/mol. The lowest BCUT2D eigenvalue weighted by molar-refractivity contribution is 0.145. The number of rotatable bonds is 8. The fraction of sp³-hybridized carbons (Fsp3) is 0.692. The van der Waals surface area contributed by atoms with Gasteiger partial charge < -0.3 is 10.1 Å². The van der Waals surface area contributed by atoms with Crippen molar-refractivity contribution in [2.45, 2.75) is 33.2 Å². The molecule has 0 aliphatic rings. The van der Waals surface area contributed by atoms with Crippen LogP contribution in [0, 0.1) is 0 Å².